The Morgan fingerprint density at radius 1 is 1.06 bits per heavy atom. The van der Waals surface area contributed by atoms with Crippen LogP contribution in [0.15, 0.2) is 41.2 Å². The molecule has 2 heterocycles. The van der Waals surface area contributed by atoms with E-state index in [9.17, 15) is 22.4 Å². The van der Waals surface area contributed by atoms with Crippen molar-refractivity contribution in [3.63, 3.8) is 0 Å². The van der Waals surface area contributed by atoms with Crippen molar-refractivity contribution in [1.82, 2.24) is 14.9 Å². The zero-order valence-corrected chi connectivity index (χ0v) is 19.7. The first kappa shape index (κ1) is 24.5. The van der Waals surface area contributed by atoms with E-state index in [0.717, 1.165) is 56.5 Å². The van der Waals surface area contributed by atoms with Gasteiger partial charge in [0.25, 0.3) is 5.56 Å². The van der Waals surface area contributed by atoms with Crippen LogP contribution in [-0.2, 0) is 12.7 Å². The minimum absolute atomic E-state index is 0.0871. The lowest BCUT2D eigenvalue weighted by Crippen LogP contribution is -2.35. The van der Waals surface area contributed by atoms with Crippen molar-refractivity contribution < 1.29 is 22.3 Å². The van der Waals surface area contributed by atoms with Crippen molar-refractivity contribution in [3.8, 4) is 5.75 Å². The first-order valence-corrected chi connectivity index (χ1v) is 12.2. The van der Waals surface area contributed by atoms with E-state index in [1.54, 1.807) is 6.07 Å². The largest absolute Gasteiger partial charge is 0.493 e. The van der Waals surface area contributed by atoms with Gasteiger partial charge in [-0.1, -0.05) is 12.1 Å². The van der Waals surface area contributed by atoms with Crippen molar-refractivity contribution in [2.45, 2.75) is 38.4 Å². The SMILES string of the molecule is O=c1[nH]c(NCC2CCN(Cc3ccc(C(F)(F)F)cc3)CC2)nc2cc(OCC3CC3)cc(F)c12. The predicted molar refractivity (Wildman–Crippen MR) is 128 cm³/mol. The Bertz CT molecular complexity index is 1260. The molecule has 1 aliphatic carbocycles. The van der Waals surface area contributed by atoms with Crippen molar-refractivity contribution in [2.24, 2.45) is 11.8 Å². The number of alkyl halides is 3. The molecule has 2 aromatic carbocycles. The Morgan fingerprint density at radius 2 is 1.78 bits per heavy atom. The molecular formula is C26H28F4N4O2. The molecule has 2 N–H and O–H groups in total. The molecule has 1 aliphatic heterocycles. The van der Waals surface area contributed by atoms with Crippen LogP contribution in [0.2, 0.25) is 0 Å². The highest BCUT2D eigenvalue weighted by atomic mass is 19.4. The number of aromatic nitrogens is 2. The van der Waals surface area contributed by atoms with E-state index in [0.29, 0.717) is 43.2 Å². The fraction of sp³-hybridized carbons (Fsp3) is 0.462. The molecule has 0 radical (unpaired) electrons. The summed E-state index contributed by atoms with van der Waals surface area (Å²) in [5.74, 6) is 0.878. The molecule has 2 aliphatic rings. The van der Waals surface area contributed by atoms with E-state index >= 15 is 0 Å². The van der Waals surface area contributed by atoms with Crippen LogP contribution in [0.25, 0.3) is 10.9 Å². The molecule has 0 unspecified atom stereocenters. The number of H-pyrrole nitrogens is 1. The molecular weight excluding hydrogens is 476 g/mol. The Hall–Kier alpha value is -3.14. The van der Waals surface area contributed by atoms with Gasteiger partial charge in [0.2, 0.25) is 5.95 Å². The monoisotopic (exact) mass is 504 g/mol. The van der Waals surface area contributed by atoms with Crippen molar-refractivity contribution in [1.29, 1.82) is 0 Å². The second kappa shape index (κ2) is 10.1. The third-order valence-corrected chi connectivity index (χ3v) is 6.87. The van der Waals surface area contributed by atoms with E-state index in [4.69, 9.17) is 4.74 Å². The molecule has 0 atom stereocenters. The van der Waals surface area contributed by atoms with Crippen molar-refractivity contribution in [2.75, 3.05) is 31.6 Å². The third kappa shape index (κ3) is 5.98. The normalized spacial score (nSPS) is 17.4. The summed E-state index contributed by atoms with van der Waals surface area (Å²) in [5, 5.41) is 3.09. The highest BCUT2D eigenvalue weighted by molar-refractivity contribution is 5.80. The molecule has 1 saturated carbocycles. The van der Waals surface area contributed by atoms with Crippen LogP contribution in [0.4, 0.5) is 23.5 Å². The number of halogens is 4. The van der Waals surface area contributed by atoms with Gasteiger partial charge in [0.1, 0.15) is 17.0 Å². The number of benzene rings is 2. The number of nitrogens with zero attached hydrogens (tertiary/aromatic N) is 2. The van der Waals surface area contributed by atoms with Crippen molar-refractivity contribution in [3.05, 3.63) is 63.7 Å². The number of ether oxygens (including phenoxy) is 1. The molecule has 2 fully saturated rings. The maximum Gasteiger partial charge on any atom is 0.416 e. The third-order valence-electron chi connectivity index (χ3n) is 6.87. The Balaban J connectivity index is 1.15. The van der Waals surface area contributed by atoms with E-state index in [1.165, 1.54) is 18.2 Å². The molecule has 3 aromatic rings. The molecule has 6 nitrogen and oxygen atoms in total. The number of anilines is 1. The van der Waals surface area contributed by atoms with Crippen LogP contribution in [0.1, 0.15) is 36.8 Å². The number of hydrogen-bond donors (Lipinski definition) is 2. The number of fused-ring (bicyclic) bond motifs is 1. The fourth-order valence-corrected chi connectivity index (χ4v) is 4.51. The van der Waals surface area contributed by atoms with Crippen LogP contribution >= 0.6 is 0 Å². The quantitative estimate of drug-likeness (QED) is 0.413. The maximum atomic E-state index is 14.5. The minimum atomic E-state index is -4.33. The first-order valence-electron chi connectivity index (χ1n) is 12.2. The van der Waals surface area contributed by atoms with Crippen LogP contribution in [0.3, 0.4) is 0 Å². The minimum Gasteiger partial charge on any atom is -0.493 e. The number of piperidine rings is 1. The highest BCUT2D eigenvalue weighted by Crippen LogP contribution is 2.31. The van der Waals surface area contributed by atoms with Gasteiger partial charge >= 0.3 is 6.18 Å². The van der Waals surface area contributed by atoms with Crippen LogP contribution < -0.4 is 15.6 Å². The van der Waals surface area contributed by atoms with Gasteiger partial charge in [-0.25, -0.2) is 9.37 Å². The molecule has 5 rings (SSSR count). The predicted octanol–water partition coefficient (Wildman–Crippen LogP) is 5.19. The van der Waals surface area contributed by atoms with Crippen LogP contribution in [0.5, 0.6) is 5.75 Å². The standard InChI is InChI=1S/C26H28F4N4O2/c27-21-11-20(36-15-18-1-2-18)12-22-23(21)24(35)33-25(32-22)31-13-16-7-9-34(10-8-16)14-17-3-5-19(6-4-17)26(28,29)30/h3-6,11-12,16,18H,1-2,7-10,13-15H2,(H2,31,32,33,35). The average Bonchev–Trinajstić information content (AvgIpc) is 3.66. The Morgan fingerprint density at radius 3 is 2.44 bits per heavy atom. The van der Waals surface area contributed by atoms with E-state index in [2.05, 4.69) is 20.2 Å². The van der Waals surface area contributed by atoms with E-state index in [1.807, 2.05) is 0 Å². The lowest BCUT2D eigenvalue weighted by atomic mass is 9.96. The summed E-state index contributed by atoms with van der Waals surface area (Å²) in [6.45, 7) is 3.39. The van der Waals surface area contributed by atoms with Gasteiger partial charge in [0, 0.05) is 25.2 Å². The van der Waals surface area contributed by atoms with Crippen molar-refractivity contribution >= 4 is 16.9 Å². The molecule has 1 saturated heterocycles. The Kier molecular flexibility index (Phi) is 6.87. The summed E-state index contributed by atoms with van der Waals surface area (Å²) in [5.41, 5.74) is -0.0788. The summed E-state index contributed by atoms with van der Waals surface area (Å²) in [6.07, 6.45) is -0.279. The topological polar surface area (TPSA) is 70.2 Å². The molecule has 0 spiro atoms. The van der Waals surface area contributed by atoms with Crippen LogP contribution in [0, 0.1) is 17.7 Å². The number of likely N-dealkylation sites (tertiary alicyclic amines) is 1. The molecule has 0 bridgehead atoms. The highest BCUT2D eigenvalue weighted by Gasteiger charge is 2.30. The number of hydrogen-bond acceptors (Lipinski definition) is 5. The van der Waals surface area contributed by atoms with E-state index in [-0.39, 0.29) is 10.9 Å². The van der Waals surface area contributed by atoms with Crippen LogP contribution in [-0.4, -0.2) is 41.1 Å². The molecule has 1 aromatic heterocycles. The first-order chi connectivity index (χ1) is 17.2. The summed E-state index contributed by atoms with van der Waals surface area (Å²) in [4.78, 5) is 21.7. The van der Waals surface area contributed by atoms with Gasteiger partial charge in [-0.15, -0.1) is 0 Å². The van der Waals surface area contributed by atoms with Gasteiger partial charge in [-0.05, 0) is 68.3 Å². The summed E-state index contributed by atoms with van der Waals surface area (Å²) < 4.78 is 58.4. The molecule has 192 valence electrons. The average molecular weight is 505 g/mol. The number of rotatable bonds is 8. The smallest absolute Gasteiger partial charge is 0.416 e. The second-order valence-electron chi connectivity index (χ2n) is 9.76. The molecule has 10 heteroatoms. The lowest BCUT2D eigenvalue weighted by Gasteiger charge is -2.32. The van der Waals surface area contributed by atoms with Gasteiger partial charge < -0.3 is 10.1 Å². The molecule has 36 heavy (non-hydrogen) atoms. The number of nitrogens with one attached hydrogen (secondary N) is 2. The summed E-state index contributed by atoms with van der Waals surface area (Å²) in [7, 11) is 0. The Labute approximate surface area is 205 Å². The summed E-state index contributed by atoms with van der Waals surface area (Å²) in [6, 6.07) is 8.13. The van der Waals surface area contributed by atoms with Gasteiger partial charge in [-0.3, -0.25) is 14.7 Å². The zero-order valence-electron chi connectivity index (χ0n) is 19.7. The maximum absolute atomic E-state index is 14.5. The molecule has 0 amide bonds. The van der Waals surface area contributed by atoms with Gasteiger partial charge in [0.05, 0.1) is 17.7 Å². The summed E-state index contributed by atoms with van der Waals surface area (Å²) >= 11 is 0. The number of aromatic amines is 1. The zero-order chi connectivity index (χ0) is 25.3. The lowest BCUT2D eigenvalue weighted by molar-refractivity contribution is -0.137. The fourth-order valence-electron chi connectivity index (χ4n) is 4.51. The van der Waals surface area contributed by atoms with Gasteiger partial charge in [-0.2, -0.15) is 13.2 Å². The van der Waals surface area contributed by atoms with Gasteiger partial charge in [0.15, 0.2) is 0 Å². The van der Waals surface area contributed by atoms with E-state index < -0.39 is 23.1 Å². The second-order valence-corrected chi connectivity index (χ2v) is 9.76.